The van der Waals surface area contributed by atoms with Crippen LogP contribution in [0.15, 0.2) is 22.9 Å². The molecule has 1 N–H and O–H groups in total. The van der Waals surface area contributed by atoms with Gasteiger partial charge in [0.25, 0.3) is 11.6 Å². The molecule has 0 aliphatic rings. The Hall–Kier alpha value is -2.70. The van der Waals surface area contributed by atoms with Crippen molar-refractivity contribution in [2.75, 3.05) is 0 Å². The second-order valence-corrected chi connectivity index (χ2v) is 5.53. The van der Waals surface area contributed by atoms with Crippen molar-refractivity contribution in [3.63, 3.8) is 0 Å². The van der Waals surface area contributed by atoms with Gasteiger partial charge in [-0.1, -0.05) is 5.16 Å². The number of pyridine rings is 1. The highest BCUT2D eigenvalue weighted by Crippen LogP contribution is 2.22. The van der Waals surface area contributed by atoms with Crippen molar-refractivity contribution < 1.29 is 9.32 Å². The minimum Gasteiger partial charge on any atom is -0.344 e. The van der Waals surface area contributed by atoms with E-state index in [1.165, 1.54) is 0 Å². The normalized spacial score (nSPS) is 12.5. The number of rotatable bonds is 4. The summed E-state index contributed by atoms with van der Waals surface area (Å²) >= 11 is 0. The second kappa shape index (κ2) is 5.83. The zero-order valence-corrected chi connectivity index (χ0v) is 13.6. The second-order valence-electron chi connectivity index (χ2n) is 5.53. The fourth-order valence-electron chi connectivity index (χ4n) is 2.72. The number of hydrogen-bond donors (Lipinski definition) is 1. The summed E-state index contributed by atoms with van der Waals surface area (Å²) < 4.78 is 7.04. The fraction of sp³-hybridized carbons (Fsp3) is 0.375. The number of carbonyl (C=O) groups excluding carboxylic acids is 1. The Labute approximate surface area is 133 Å². The predicted octanol–water partition coefficient (Wildman–Crippen LogP) is 2.55. The molecule has 120 valence electrons. The Morgan fingerprint density at radius 1 is 1.43 bits per heavy atom. The van der Waals surface area contributed by atoms with Crippen LogP contribution in [0.4, 0.5) is 0 Å². The molecular weight excluding hydrogens is 294 g/mol. The lowest BCUT2D eigenvalue weighted by Crippen LogP contribution is -2.28. The Morgan fingerprint density at radius 3 is 2.96 bits per heavy atom. The van der Waals surface area contributed by atoms with Crippen LogP contribution in [0.3, 0.4) is 0 Å². The smallest absolute Gasteiger partial charge is 0.258 e. The van der Waals surface area contributed by atoms with Crippen LogP contribution in [-0.2, 0) is 6.54 Å². The van der Waals surface area contributed by atoms with Crippen molar-refractivity contribution in [1.29, 1.82) is 0 Å². The van der Waals surface area contributed by atoms with E-state index in [4.69, 9.17) is 4.52 Å². The topological polar surface area (TPSA) is 85.8 Å². The number of aromatic nitrogens is 4. The third-order valence-electron chi connectivity index (χ3n) is 3.83. The van der Waals surface area contributed by atoms with E-state index in [1.807, 2.05) is 31.5 Å². The summed E-state index contributed by atoms with van der Waals surface area (Å²) in [4.78, 5) is 17.0. The van der Waals surface area contributed by atoms with Crippen LogP contribution in [-0.4, -0.2) is 25.8 Å². The number of carbonyl (C=O) groups is 1. The molecule has 1 atom stereocenters. The van der Waals surface area contributed by atoms with Gasteiger partial charge in [0.05, 0.1) is 28.4 Å². The van der Waals surface area contributed by atoms with Crippen LogP contribution in [0, 0.1) is 13.8 Å². The van der Waals surface area contributed by atoms with Gasteiger partial charge in [-0.3, -0.25) is 9.48 Å². The van der Waals surface area contributed by atoms with E-state index >= 15 is 0 Å². The standard InChI is InChI=1S/C16H19N5O2/c1-5-21-13(6-7-17-21)10(3)19-15(22)12-8-9(2)18-16-14(12)11(4)20-23-16/h6-8,10H,5H2,1-4H3,(H,19,22)/t10-/m1/s1. The van der Waals surface area contributed by atoms with Gasteiger partial charge in [-0.25, -0.2) is 4.98 Å². The van der Waals surface area contributed by atoms with Crippen molar-refractivity contribution in [2.24, 2.45) is 0 Å². The molecule has 7 heteroatoms. The molecule has 23 heavy (non-hydrogen) atoms. The van der Waals surface area contributed by atoms with E-state index in [1.54, 1.807) is 19.2 Å². The third kappa shape index (κ3) is 2.69. The molecule has 0 spiro atoms. The number of nitrogens with one attached hydrogen (secondary N) is 1. The highest BCUT2D eigenvalue weighted by molar-refractivity contribution is 6.06. The average Bonchev–Trinajstić information content (AvgIpc) is 3.13. The molecule has 7 nitrogen and oxygen atoms in total. The van der Waals surface area contributed by atoms with E-state index in [0.29, 0.717) is 28.1 Å². The van der Waals surface area contributed by atoms with E-state index in [0.717, 1.165) is 12.2 Å². The van der Waals surface area contributed by atoms with Crippen molar-refractivity contribution in [2.45, 2.75) is 40.3 Å². The first-order chi connectivity index (χ1) is 11.0. The number of hydrogen-bond acceptors (Lipinski definition) is 5. The van der Waals surface area contributed by atoms with Crippen LogP contribution in [0.25, 0.3) is 11.1 Å². The number of fused-ring (bicyclic) bond motifs is 1. The van der Waals surface area contributed by atoms with Gasteiger partial charge in [0.1, 0.15) is 0 Å². The molecule has 0 aliphatic heterocycles. The maximum Gasteiger partial charge on any atom is 0.258 e. The zero-order valence-electron chi connectivity index (χ0n) is 13.6. The Bertz CT molecular complexity index is 865. The van der Waals surface area contributed by atoms with E-state index in [2.05, 4.69) is 20.6 Å². The highest BCUT2D eigenvalue weighted by Gasteiger charge is 2.20. The summed E-state index contributed by atoms with van der Waals surface area (Å²) in [6, 6.07) is 3.51. The molecule has 0 fully saturated rings. The molecule has 0 radical (unpaired) electrons. The van der Waals surface area contributed by atoms with Gasteiger partial charge in [0.2, 0.25) is 0 Å². The lowest BCUT2D eigenvalue weighted by Gasteiger charge is -2.15. The molecule has 1 amide bonds. The third-order valence-corrected chi connectivity index (χ3v) is 3.83. The van der Waals surface area contributed by atoms with Gasteiger partial charge in [-0.15, -0.1) is 0 Å². The van der Waals surface area contributed by atoms with E-state index in [9.17, 15) is 4.79 Å². The number of nitrogens with zero attached hydrogens (tertiary/aromatic N) is 4. The molecule has 3 heterocycles. The number of aryl methyl sites for hydroxylation is 3. The lowest BCUT2D eigenvalue weighted by molar-refractivity contribution is 0.0939. The number of amides is 1. The Kier molecular flexibility index (Phi) is 3.85. The van der Waals surface area contributed by atoms with Gasteiger partial charge >= 0.3 is 0 Å². The summed E-state index contributed by atoms with van der Waals surface area (Å²) in [5, 5.41) is 11.8. The zero-order chi connectivity index (χ0) is 16.6. The van der Waals surface area contributed by atoms with Crippen LogP contribution in [0.5, 0.6) is 0 Å². The van der Waals surface area contributed by atoms with Crippen LogP contribution in [0.1, 0.15) is 47.3 Å². The molecule has 3 rings (SSSR count). The summed E-state index contributed by atoms with van der Waals surface area (Å²) in [6.45, 7) is 8.33. The van der Waals surface area contributed by atoms with Crippen molar-refractivity contribution in [1.82, 2.24) is 25.2 Å². The molecule has 0 aromatic carbocycles. The van der Waals surface area contributed by atoms with E-state index in [-0.39, 0.29) is 11.9 Å². The first-order valence-electron chi connectivity index (χ1n) is 7.57. The molecule has 3 aromatic heterocycles. The van der Waals surface area contributed by atoms with Crippen LogP contribution >= 0.6 is 0 Å². The Balaban J connectivity index is 1.93. The quantitative estimate of drug-likeness (QED) is 0.800. The highest BCUT2D eigenvalue weighted by atomic mass is 16.5. The SMILES string of the molecule is CCn1nccc1[C@@H](C)NC(=O)c1cc(C)nc2onc(C)c12. The van der Waals surface area contributed by atoms with Gasteiger partial charge in [-0.05, 0) is 39.8 Å². The van der Waals surface area contributed by atoms with Crippen LogP contribution in [0.2, 0.25) is 0 Å². The maximum atomic E-state index is 12.7. The lowest BCUT2D eigenvalue weighted by atomic mass is 10.1. The molecule has 0 aliphatic carbocycles. The van der Waals surface area contributed by atoms with Crippen LogP contribution < -0.4 is 5.32 Å². The van der Waals surface area contributed by atoms with Gasteiger partial charge < -0.3 is 9.84 Å². The van der Waals surface area contributed by atoms with Crippen molar-refractivity contribution in [3.05, 3.63) is 41.0 Å². The van der Waals surface area contributed by atoms with E-state index < -0.39 is 0 Å². The van der Waals surface area contributed by atoms with Gasteiger partial charge in [0.15, 0.2) is 0 Å². The summed E-state index contributed by atoms with van der Waals surface area (Å²) in [6.07, 6.45) is 1.74. The van der Waals surface area contributed by atoms with Crippen molar-refractivity contribution >= 4 is 17.0 Å². The van der Waals surface area contributed by atoms with Gasteiger partial charge in [0, 0.05) is 18.4 Å². The monoisotopic (exact) mass is 313 g/mol. The molecule has 0 bridgehead atoms. The van der Waals surface area contributed by atoms with Gasteiger partial charge in [-0.2, -0.15) is 5.10 Å². The molecule has 3 aromatic rings. The Morgan fingerprint density at radius 2 is 2.22 bits per heavy atom. The average molecular weight is 313 g/mol. The van der Waals surface area contributed by atoms with Crippen molar-refractivity contribution in [3.8, 4) is 0 Å². The molecule has 0 saturated carbocycles. The summed E-state index contributed by atoms with van der Waals surface area (Å²) in [5.74, 6) is -0.178. The minimum atomic E-state index is -0.178. The predicted molar refractivity (Wildman–Crippen MR) is 85.1 cm³/mol. The molecule has 0 saturated heterocycles. The minimum absolute atomic E-state index is 0.159. The largest absolute Gasteiger partial charge is 0.344 e. The maximum absolute atomic E-state index is 12.7. The molecule has 0 unspecified atom stereocenters. The molecular formula is C16H19N5O2. The first kappa shape index (κ1) is 15.2. The first-order valence-corrected chi connectivity index (χ1v) is 7.57. The summed E-state index contributed by atoms with van der Waals surface area (Å²) in [7, 11) is 0. The fourth-order valence-corrected chi connectivity index (χ4v) is 2.72. The summed E-state index contributed by atoms with van der Waals surface area (Å²) in [5.41, 5.74) is 3.25.